The average molecular weight is 318 g/mol. The molecule has 1 aromatic carbocycles. The molecule has 5 nitrogen and oxygen atoms in total. The SMILES string of the molecule is O=S(=O)(NC1(CCl)CCC1)c1cccc2c1N=S=N2. The summed E-state index contributed by atoms with van der Waals surface area (Å²) in [5.74, 6) is 0.289. The van der Waals surface area contributed by atoms with Crippen LogP contribution in [-0.4, -0.2) is 19.8 Å². The zero-order chi connectivity index (χ0) is 13.5. The minimum atomic E-state index is -3.62. The summed E-state index contributed by atoms with van der Waals surface area (Å²) in [5, 5.41) is 0. The molecule has 0 amide bonds. The predicted molar refractivity (Wildman–Crippen MR) is 75.6 cm³/mol. The molecule has 1 N–H and O–H groups in total. The third-order valence-electron chi connectivity index (χ3n) is 3.46. The molecule has 8 heteroatoms. The highest BCUT2D eigenvalue weighted by Crippen LogP contribution is 2.39. The Bertz CT molecular complexity index is 686. The molecule has 0 unspecified atom stereocenters. The summed E-state index contributed by atoms with van der Waals surface area (Å²) in [4.78, 5) is 0.176. The lowest BCUT2D eigenvalue weighted by molar-refractivity contribution is 0.252. The second-order valence-corrected chi connectivity index (χ2v) is 7.21. The Morgan fingerprint density at radius 3 is 2.79 bits per heavy atom. The van der Waals surface area contributed by atoms with Gasteiger partial charge >= 0.3 is 0 Å². The lowest BCUT2D eigenvalue weighted by Gasteiger charge is -2.40. The van der Waals surface area contributed by atoms with Crippen LogP contribution in [-0.2, 0) is 21.4 Å². The van der Waals surface area contributed by atoms with Crippen LogP contribution in [0.15, 0.2) is 31.8 Å². The number of nitrogens with one attached hydrogen (secondary N) is 1. The van der Waals surface area contributed by atoms with E-state index in [4.69, 9.17) is 11.6 Å². The summed E-state index contributed by atoms with van der Waals surface area (Å²) < 4.78 is 35.8. The Hall–Kier alpha value is -0.760. The van der Waals surface area contributed by atoms with Crippen molar-refractivity contribution < 1.29 is 8.42 Å². The van der Waals surface area contributed by atoms with Crippen LogP contribution < -0.4 is 4.72 Å². The number of alkyl halides is 1. The normalized spacial score (nSPS) is 19.6. The van der Waals surface area contributed by atoms with E-state index < -0.39 is 15.6 Å². The molecule has 1 aliphatic carbocycles. The highest BCUT2D eigenvalue weighted by atomic mass is 35.5. The van der Waals surface area contributed by atoms with Gasteiger partial charge in [-0.3, -0.25) is 0 Å². The molecular formula is C11H12ClN3O2S2. The van der Waals surface area contributed by atoms with Gasteiger partial charge in [0.1, 0.15) is 16.3 Å². The summed E-state index contributed by atoms with van der Waals surface area (Å²) in [6.07, 6.45) is 2.56. The van der Waals surface area contributed by atoms with Crippen molar-refractivity contribution in [2.24, 2.45) is 8.73 Å². The van der Waals surface area contributed by atoms with Crippen LogP contribution in [0.5, 0.6) is 0 Å². The van der Waals surface area contributed by atoms with Crippen molar-refractivity contribution >= 4 is 44.4 Å². The second-order valence-electron chi connectivity index (χ2n) is 4.76. The predicted octanol–water partition coefficient (Wildman–Crippen LogP) is 2.85. The molecule has 1 aliphatic heterocycles. The zero-order valence-electron chi connectivity index (χ0n) is 9.97. The van der Waals surface area contributed by atoms with Crippen LogP contribution in [0.2, 0.25) is 0 Å². The molecule has 0 spiro atoms. The van der Waals surface area contributed by atoms with Gasteiger partial charge in [0.05, 0.1) is 11.4 Å². The van der Waals surface area contributed by atoms with Gasteiger partial charge in [-0.25, -0.2) is 13.1 Å². The molecule has 0 bridgehead atoms. The smallest absolute Gasteiger partial charge is 0.207 e. The Morgan fingerprint density at radius 1 is 1.37 bits per heavy atom. The van der Waals surface area contributed by atoms with Crippen molar-refractivity contribution in [3.63, 3.8) is 0 Å². The van der Waals surface area contributed by atoms with Crippen LogP contribution in [0.1, 0.15) is 19.3 Å². The number of sulfonamides is 1. The summed E-state index contributed by atoms with van der Waals surface area (Å²) in [7, 11) is -3.62. The minimum absolute atomic E-state index is 0.176. The Balaban J connectivity index is 1.98. The zero-order valence-corrected chi connectivity index (χ0v) is 12.4. The van der Waals surface area contributed by atoms with E-state index in [1.54, 1.807) is 18.2 Å². The highest BCUT2D eigenvalue weighted by molar-refractivity contribution is 7.89. The van der Waals surface area contributed by atoms with E-state index in [0.717, 1.165) is 30.6 Å². The largest absolute Gasteiger partial charge is 0.243 e. The first kappa shape index (κ1) is 13.2. The van der Waals surface area contributed by atoms with Crippen LogP contribution >= 0.6 is 11.6 Å². The second kappa shape index (κ2) is 4.66. The van der Waals surface area contributed by atoms with Crippen LogP contribution in [0.4, 0.5) is 11.4 Å². The van der Waals surface area contributed by atoms with Gasteiger partial charge < -0.3 is 0 Å². The Morgan fingerprint density at radius 2 is 2.16 bits per heavy atom. The number of fused-ring (bicyclic) bond motifs is 1. The van der Waals surface area contributed by atoms with E-state index in [2.05, 4.69) is 13.4 Å². The van der Waals surface area contributed by atoms with Gasteiger partial charge in [0.25, 0.3) is 0 Å². The molecular weight excluding hydrogens is 306 g/mol. The number of halogens is 1. The average Bonchev–Trinajstić information content (AvgIpc) is 2.81. The van der Waals surface area contributed by atoms with E-state index in [1.807, 2.05) is 0 Å². The van der Waals surface area contributed by atoms with Crippen molar-refractivity contribution in [2.45, 2.75) is 29.7 Å². The van der Waals surface area contributed by atoms with Gasteiger partial charge in [-0.05, 0) is 31.4 Å². The molecule has 19 heavy (non-hydrogen) atoms. The molecule has 1 fully saturated rings. The number of benzene rings is 1. The van der Waals surface area contributed by atoms with Crippen molar-refractivity contribution in [1.82, 2.24) is 4.72 Å². The number of nitrogens with zero attached hydrogens (tertiary/aromatic N) is 2. The van der Waals surface area contributed by atoms with E-state index in [9.17, 15) is 8.42 Å². The monoisotopic (exact) mass is 317 g/mol. The molecule has 0 radical (unpaired) electrons. The number of rotatable bonds is 4. The van der Waals surface area contributed by atoms with Crippen molar-refractivity contribution in [2.75, 3.05) is 5.88 Å². The van der Waals surface area contributed by atoms with Gasteiger partial charge in [0.2, 0.25) is 10.0 Å². The lowest BCUT2D eigenvalue weighted by atomic mass is 9.79. The third kappa shape index (κ3) is 2.24. The molecule has 0 saturated heterocycles. The molecule has 3 rings (SSSR count). The fourth-order valence-corrected chi connectivity index (χ4v) is 4.84. The molecule has 102 valence electrons. The van der Waals surface area contributed by atoms with Gasteiger partial charge in [0.15, 0.2) is 0 Å². The summed E-state index contributed by atoms with van der Waals surface area (Å²) in [5.41, 5.74) is 0.525. The number of hydrogen-bond donors (Lipinski definition) is 1. The van der Waals surface area contributed by atoms with Gasteiger partial charge in [0, 0.05) is 11.4 Å². The van der Waals surface area contributed by atoms with E-state index in [0.29, 0.717) is 11.4 Å². The minimum Gasteiger partial charge on any atom is -0.207 e. The van der Waals surface area contributed by atoms with Gasteiger partial charge in [-0.2, -0.15) is 8.73 Å². The first-order chi connectivity index (χ1) is 9.06. The van der Waals surface area contributed by atoms with Crippen LogP contribution in [0.25, 0.3) is 0 Å². The molecule has 1 saturated carbocycles. The summed E-state index contributed by atoms with van der Waals surface area (Å²) in [6, 6.07) is 4.97. The topological polar surface area (TPSA) is 70.9 Å². The molecule has 0 aromatic heterocycles. The highest BCUT2D eigenvalue weighted by Gasteiger charge is 2.40. The summed E-state index contributed by atoms with van der Waals surface area (Å²) >= 11 is 6.91. The summed E-state index contributed by atoms with van der Waals surface area (Å²) in [6.45, 7) is 0. The molecule has 2 aliphatic rings. The van der Waals surface area contributed by atoms with Gasteiger partial charge in [-0.1, -0.05) is 6.07 Å². The fraction of sp³-hybridized carbons (Fsp3) is 0.455. The van der Waals surface area contributed by atoms with E-state index in [-0.39, 0.29) is 10.8 Å². The maximum atomic E-state index is 12.5. The van der Waals surface area contributed by atoms with E-state index in [1.165, 1.54) is 0 Å². The van der Waals surface area contributed by atoms with Crippen molar-refractivity contribution in [1.29, 1.82) is 0 Å². The van der Waals surface area contributed by atoms with Crippen LogP contribution in [0, 0.1) is 0 Å². The Kier molecular flexibility index (Phi) is 3.24. The van der Waals surface area contributed by atoms with Gasteiger partial charge in [-0.15, -0.1) is 11.6 Å². The first-order valence-electron chi connectivity index (χ1n) is 5.88. The Labute approximate surface area is 120 Å². The first-order valence-corrected chi connectivity index (χ1v) is 8.62. The number of hydrogen-bond acceptors (Lipinski definition) is 4. The van der Waals surface area contributed by atoms with Crippen molar-refractivity contribution in [3.8, 4) is 0 Å². The molecule has 1 aromatic rings. The lowest BCUT2D eigenvalue weighted by Crippen LogP contribution is -2.54. The van der Waals surface area contributed by atoms with Crippen molar-refractivity contribution in [3.05, 3.63) is 18.2 Å². The quantitative estimate of drug-likeness (QED) is 0.881. The standard InChI is InChI=1S/C11H12ClN3O2S2/c12-7-11(5-2-6-11)15-19(16,17)9-4-1-3-8-10(9)14-18-13-8/h1,3-4,15H,2,5-7H2. The van der Waals surface area contributed by atoms with E-state index >= 15 is 0 Å². The maximum Gasteiger partial charge on any atom is 0.243 e. The maximum absolute atomic E-state index is 12.5. The fourth-order valence-electron chi connectivity index (χ4n) is 2.20. The van der Waals surface area contributed by atoms with Crippen LogP contribution in [0.3, 0.4) is 0 Å². The molecule has 1 heterocycles. The molecule has 0 atom stereocenters. The third-order valence-corrected chi connectivity index (χ3v) is 6.12.